The first kappa shape index (κ1) is 13.7. The summed E-state index contributed by atoms with van der Waals surface area (Å²) in [6.45, 7) is 6.73. The predicted octanol–water partition coefficient (Wildman–Crippen LogP) is 2.04. The van der Waals surface area contributed by atoms with Crippen molar-refractivity contribution in [2.24, 2.45) is 4.99 Å². The van der Waals surface area contributed by atoms with Gasteiger partial charge in [-0.3, -0.25) is 0 Å². The third-order valence-electron chi connectivity index (χ3n) is 1.79. The molecule has 0 aliphatic carbocycles. The van der Waals surface area contributed by atoms with Gasteiger partial charge in [0.05, 0.1) is 12.6 Å². The third-order valence-corrected chi connectivity index (χ3v) is 1.79. The summed E-state index contributed by atoms with van der Waals surface area (Å²) in [6.07, 6.45) is 9.02. The van der Waals surface area contributed by atoms with Crippen LogP contribution in [0.25, 0.3) is 0 Å². The Morgan fingerprint density at radius 1 is 1.60 bits per heavy atom. The maximum atomic E-state index is 5.27. The fourth-order valence-electron chi connectivity index (χ4n) is 1.02. The summed E-state index contributed by atoms with van der Waals surface area (Å²) in [5.74, 6) is 2.73. The van der Waals surface area contributed by atoms with E-state index >= 15 is 0 Å². The Balaban J connectivity index is 4.17. The van der Waals surface area contributed by atoms with Crippen molar-refractivity contribution in [3.05, 3.63) is 12.7 Å². The number of hydrogen-bond donors (Lipinski definition) is 0. The molecule has 0 aromatic heterocycles. The summed E-state index contributed by atoms with van der Waals surface area (Å²) in [7, 11) is 1.61. The number of aliphatic imine (C=N–C) groups is 1. The number of nitrogens with zero attached hydrogens (tertiary/aromatic N) is 1. The van der Waals surface area contributed by atoms with Gasteiger partial charge in [-0.15, -0.1) is 13.0 Å². The van der Waals surface area contributed by atoms with Crippen molar-refractivity contribution in [3.8, 4) is 12.3 Å². The van der Waals surface area contributed by atoms with Crippen LogP contribution in [-0.2, 0) is 9.47 Å². The van der Waals surface area contributed by atoms with Crippen LogP contribution >= 0.6 is 0 Å². The molecule has 15 heavy (non-hydrogen) atoms. The van der Waals surface area contributed by atoms with Gasteiger partial charge in [0, 0.05) is 7.11 Å². The Morgan fingerprint density at radius 2 is 2.33 bits per heavy atom. The van der Waals surface area contributed by atoms with Crippen LogP contribution in [0.15, 0.2) is 17.6 Å². The summed E-state index contributed by atoms with van der Waals surface area (Å²) >= 11 is 0. The molecule has 3 nitrogen and oxygen atoms in total. The van der Waals surface area contributed by atoms with E-state index < -0.39 is 0 Å². The summed E-state index contributed by atoms with van der Waals surface area (Å²) in [4.78, 5) is 4.26. The average molecular weight is 209 g/mol. The maximum absolute atomic E-state index is 5.27. The van der Waals surface area contributed by atoms with Gasteiger partial charge in [0.2, 0.25) is 0 Å². The Labute approximate surface area is 92.2 Å². The number of ether oxygens (including phenoxy) is 2. The third kappa shape index (κ3) is 6.75. The van der Waals surface area contributed by atoms with E-state index in [9.17, 15) is 0 Å². The average Bonchev–Trinajstić information content (AvgIpc) is 2.26. The predicted molar refractivity (Wildman–Crippen MR) is 63.0 cm³/mol. The molecule has 0 amide bonds. The van der Waals surface area contributed by atoms with Gasteiger partial charge in [-0.2, -0.15) is 0 Å². The molecule has 0 rings (SSSR count). The van der Waals surface area contributed by atoms with Gasteiger partial charge in [0.25, 0.3) is 5.90 Å². The lowest BCUT2D eigenvalue weighted by molar-refractivity contribution is 0.142. The molecule has 1 unspecified atom stereocenters. The molecule has 84 valence electrons. The van der Waals surface area contributed by atoms with Crippen LogP contribution < -0.4 is 0 Å². The molecule has 0 bridgehead atoms. The molecule has 0 heterocycles. The minimum Gasteiger partial charge on any atom is -0.469 e. The molecule has 3 heteroatoms. The van der Waals surface area contributed by atoms with Crippen LogP contribution in [0.3, 0.4) is 0 Å². The molecule has 0 aliphatic rings. The van der Waals surface area contributed by atoms with Gasteiger partial charge in [-0.05, 0) is 12.3 Å². The molecule has 0 N–H and O–H groups in total. The molecular formula is C12H19NO2. The second-order valence-corrected chi connectivity index (χ2v) is 3.01. The van der Waals surface area contributed by atoms with E-state index in [2.05, 4.69) is 24.4 Å². The lowest BCUT2D eigenvalue weighted by Gasteiger charge is -2.08. The first-order chi connectivity index (χ1) is 7.28. The Morgan fingerprint density at radius 3 is 2.80 bits per heavy atom. The van der Waals surface area contributed by atoms with E-state index in [4.69, 9.17) is 15.9 Å². The van der Waals surface area contributed by atoms with E-state index in [1.165, 1.54) is 0 Å². The second-order valence-electron chi connectivity index (χ2n) is 3.01. The second kappa shape index (κ2) is 9.29. The highest BCUT2D eigenvalue weighted by atomic mass is 16.5. The summed E-state index contributed by atoms with van der Waals surface area (Å²) < 4.78 is 10.1. The normalized spacial score (nSPS) is 13.0. The molecule has 0 aromatic rings. The van der Waals surface area contributed by atoms with E-state index in [1.807, 2.05) is 0 Å². The van der Waals surface area contributed by atoms with Crippen molar-refractivity contribution in [3.63, 3.8) is 0 Å². The van der Waals surface area contributed by atoms with Gasteiger partial charge in [0.15, 0.2) is 0 Å². The molecule has 0 fully saturated rings. The number of hydrogen-bond acceptors (Lipinski definition) is 3. The van der Waals surface area contributed by atoms with Crippen LogP contribution in [0.4, 0.5) is 0 Å². The molecule has 0 radical (unpaired) electrons. The van der Waals surface area contributed by atoms with E-state index in [0.29, 0.717) is 19.1 Å². The Kier molecular flexibility index (Phi) is 8.50. The lowest BCUT2D eigenvalue weighted by Crippen LogP contribution is -2.11. The number of rotatable bonds is 7. The maximum Gasteiger partial charge on any atom is 0.263 e. The number of terminal acetylenes is 1. The standard InChI is InChI=1S/C12H19NO2/c1-5-8-11(6-2)13-12(7-3)15-10-9-14-4/h3,6,11H,2,5,8-10H2,1,4H3. The van der Waals surface area contributed by atoms with Crippen LogP contribution in [0, 0.1) is 12.3 Å². The van der Waals surface area contributed by atoms with E-state index in [1.54, 1.807) is 13.2 Å². The minimum atomic E-state index is 0.0450. The summed E-state index contributed by atoms with van der Waals surface area (Å²) in [5, 5.41) is 0. The van der Waals surface area contributed by atoms with Gasteiger partial charge in [-0.25, -0.2) is 4.99 Å². The molecule has 0 spiro atoms. The first-order valence-electron chi connectivity index (χ1n) is 5.07. The zero-order valence-electron chi connectivity index (χ0n) is 9.53. The highest BCUT2D eigenvalue weighted by Crippen LogP contribution is 2.03. The molecular weight excluding hydrogens is 190 g/mol. The highest BCUT2D eigenvalue weighted by molar-refractivity contribution is 5.93. The Bertz CT molecular complexity index is 240. The van der Waals surface area contributed by atoms with Crippen molar-refractivity contribution < 1.29 is 9.47 Å². The summed E-state index contributed by atoms with van der Waals surface area (Å²) in [6, 6.07) is 0.0450. The SMILES string of the molecule is C#CC(=NC(C=C)CCC)OCCOC. The fourth-order valence-corrected chi connectivity index (χ4v) is 1.02. The molecule has 0 saturated carbocycles. The highest BCUT2D eigenvalue weighted by Gasteiger charge is 2.02. The van der Waals surface area contributed by atoms with Crippen LogP contribution in [0.5, 0.6) is 0 Å². The van der Waals surface area contributed by atoms with E-state index in [-0.39, 0.29) is 6.04 Å². The smallest absolute Gasteiger partial charge is 0.263 e. The topological polar surface area (TPSA) is 30.8 Å². The fraction of sp³-hybridized carbons (Fsp3) is 0.583. The van der Waals surface area contributed by atoms with Crippen molar-refractivity contribution in [2.75, 3.05) is 20.3 Å². The zero-order chi connectivity index (χ0) is 11.5. The number of methoxy groups -OCH3 is 1. The summed E-state index contributed by atoms with van der Waals surface area (Å²) in [5.41, 5.74) is 0. The van der Waals surface area contributed by atoms with Crippen molar-refractivity contribution in [2.45, 2.75) is 25.8 Å². The van der Waals surface area contributed by atoms with E-state index in [0.717, 1.165) is 12.8 Å². The molecule has 0 saturated heterocycles. The van der Waals surface area contributed by atoms with Gasteiger partial charge < -0.3 is 9.47 Å². The van der Waals surface area contributed by atoms with Crippen molar-refractivity contribution >= 4 is 5.90 Å². The van der Waals surface area contributed by atoms with Crippen LogP contribution in [0.2, 0.25) is 0 Å². The van der Waals surface area contributed by atoms with Crippen LogP contribution in [0.1, 0.15) is 19.8 Å². The molecule has 0 aliphatic heterocycles. The van der Waals surface area contributed by atoms with Crippen LogP contribution in [-0.4, -0.2) is 32.3 Å². The lowest BCUT2D eigenvalue weighted by atomic mass is 10.2. The van der Waals surface area contributed by atoms with Gasteiger partial charge in [-0.1, -0.05) is 19.4 Å². The monoisotopic (exact) mass is 209 g/mol. The Hall–Kier alpha value is -1.27. The molecule has 0 aromatic carbocycles. The first-order valence-corrected chi connectivity index (χ1v) is 5.07. The van der Waals surface area contributed by atoms with Crippen molar-refractivity contribution in [1.82, 2.24) is 0 Å². The molecule has 1 atom stereocenters. The van der Waals surface area contributed by atoms with Gasteiger partial charge in [0.1, 0.15) is 6.61 Å². The zero-order valence-corrected chi connectivity index (χ0v) is 9.53. The van der Waals surface area contributed by atoms with Gasteiger partial charge >= 0.3 is 0 Å². The minimum absolute atomic E-state index is 0.0450. The largest absolute Gasteiger partial charge is 0.469 e. The quantitative estimate of drug-likeness (QED) is 0.211. The van der Waals surface area contributed by atoms with Crippen molar-refractivity contribution in [1.29, 1.82) is 0 Å².